The molecule has 1 aliphatic rings. The number of hydrogen-bond acceptors (Lipinski definition) is 1. The third kappa shape index (κ3) is 1.16. The zero-order chi connectivity index (χ0) is 6.91. The molecule has 1 saturated carbocycles. The third-order valence-corrected chi connectivity index (χ3v) is 2.42. The van der Waals surface area contributed by atoms with E-state index in [0.29, 0.717) is 0 Å². The van der Waals surface area contributed by atoms with Crippen LogP contribution < -0.4 is 5.73 Å². The van der Waals surface area contributed by atoms with Gasteiger partial charge in [-0.05, 0) is 18.8 Å². The highest BCUT2D eigenvalue weighted by Gasteiger charge is 2.37. The fourth-order valence-electron chi connectivity index (χ4n) is 1.16. The quantitative estimate of drug-likeness (QED) is 0.569. The van der Waals surface area contributed by atoms with Crippen LogP contribution in [-0.2, 0) is 0 Å². The van der Waals surface area contributed by atoms with E-state index in [4.69, 9.17) is 5.73 Å². The van der Waals surface area contributed by atoms with Crippen molar-refractivity contribution in [1.82, 2.24) is 0 Å². The predicted octanol–water partition coefficient (Wildman–Crippen LogP) is 1.55. The van der Waals surface area contributed by atoms with Gasteiger partial charge in [-0.3, -0.25) is 0 Å². The summed E-state index contributed by atoms with van der Waals surface area (Å²) in [7, 11) is 0. The van der Waals surface area contributed by atoms with Gasteiger partial charge in [0.2, 0.25) is 0 Å². The first-order valence-electron chi connectivity index (χ1n) is 3.56. The lowest BCUT2D eigenvalue weighted by molar-refractivity contribution is 0.379. The number of hydrogen-bond donors (Lipinski definition) is 1. The Labute approximate surface area is 56.9 Å². The molecule has 0 heterocycles. The van der Waals surface area contributed by atoms with Gasteiger partial charge < -0.3 is 5.73 Å². The molecule has 0 aromatic carbocycles. The Kier molecular flexibility index (Phi) is 1.62. The van der Waals surface area contributed by atoms with Crippen LogP contribution in [0, 0.1) is 11.3 Å². The lowest BCUT2D eigenvalue weighted by Gasteiger charge is -2.22. The second kappa shape index (κ2) is 2.14. The summed E-state index contributed by atoms with van der Waals surface area (Å²) < 4.78 is 0. The maximum Gasteiger partial charge on any atom is 0.00141 e. The maximum absolute atomic E-state index is 5.59. The Balaban J connectivity index is 2.53. The minimum Gasteiger partial charge on any atom is -0.330 e. The molecule has 1 aliphatic carbocycles. The van der Waals surface area contributed by atoms with Crippen molar-refractivity contribution in [1.29, 1.82) is 0 Å². The fraction of sp³-hybridized carbons (Fsp3) is 0.750. The van der Waals surface area contributed by atoms with Crippen LogP contribution >= 0.6 is 0 Å². The largest absolute Gasteiger partial charge is 0.330 e. The van der Waals surface area contributed by atoms with Crippen LogP contribution in [0.1, 0.15) is 19.8 Å². The first kappa shape index (κ1) is 6.81. The molecule has 52 valence electrons. The third-order valence-electron chi connectivity index (χ3n) is 2.42. The second-order valence-electron chi connectivity index (χ2n) is 3.19. The fourth-order valence-corrected chi connectivity index (χ4v) is 1.16. The Morgan fingerprint density at radius 1 is 1.78 bits per heavy atom. The summed E-state index contributed by atoms with van der Waals surface area (Å²) in [4.78, 5) is 0. The van der Waals surface area contributed by atoms with Crippen LogP contribution in [0.15, 0.2) is 12.7 Å². The molecular weight excluding hydrogens is 110 g/mol. The molecule has 9 heavy (non-hydrogen) atoms. The lowest BCUT2D eigenvalue weighted by Crippen LogP contribution is -2.26. The average Bonchev–Trinajstić information content (AvgIpc) is 2.68. The molecule has 1 atom stereocenters. The summed E-state index contributed by atoms with van der Waals surface area (Å²) in [6, 6.07) is 0. The molecule has 0 aliphatic heterocycles. The molecule has 0 radical (unpaired) electrons. The molecule has 1 rings (SSSR count). The van der Waals surface area contributed by atoms with Gasteiger partial charge >= 0.3 is 0 Å². The van der Waals surface area contributed by atoms with Gasteiger partial charge in [0.1, 0.15) is 0 Å². The minimum absolute atomic E-state index is 0.236. The van der Waals surface area contributed by atoms with Crippen molar-refractivity contribution >= 4 is 0 Å². The SMILES string of the molecule is C=CC(C)(CN)C1CC1. The van der Waals surface area contributed by atoms with E-state index in [1.165, 1.54) is 12.8 Å². The molecule has 1 nitrogen and oxygen atoms in total. The molecule has 0 aromatic rings. The van der Waals surface area contributed by atoms with Crippen LogP contribution in [0.25, 0.3) is 0 Å². The van der Waals surface area contributed by atoms with E-state index in [2.05, 4.69) is 13.5 Å². The highest BCUT2D eigenvalue weighted by Crippen LogP contribution is 2.45. The first-order valence-corrected chi connectivity index (χ1v) is 3.56. The van der Waals surface area contributed by atoms with E-state index in [1.807, 2.05) is 6.08 Å². The zero-order valence-electron chi connectivity index (χ0n) is 6.06. The van der Waals surface area contributed by atoms with E-state index in [-0.39, 0.29) is 5.41 Å². The molecule has 0 saturated heterocycles. The lowest BCUT2D eigenvalue weighted by atomic mass is 9.85. The highest BCUT2D eigenvalue weighted by molar-refractivity contribution is 5.02. The summed E-state index contributed by atoms with van der Waals surface area (Å²) >= 11 is 0. The summed E-state index contributed by atoms with van der Waals surface area (Å²) in [6.07, 6.45) is 4.70. The van der Waals surface area contributed by atoms with Crippen molar-refractivity contribution in [3.8, 4) is 0 Å². The van der Waals surface area contributed by atoms with Crippen LogP contribution in [0.2, 0.25) is 0 Å². The molecular formula is C8H15N. The van der Waals surface area contributed by atoms with Gasteiger partial charge in [-0.15, -0.1) is 6.58 Å². The van der Waals surface area contributed by atoms with Crippen molar-refractivity contribution in [3.05, 3.63) is 12.7 Å². The van der Waals surface area contributed by atoms with Crippen LogP contribution in [-0.4, -0.2) is 6.54 Å². The minimum atomic E-state index is 0.236. The van der Waals surface area contributed by atoms with Crippen LogP contribution in [0.3, 0.4) is 0 Å². The summed E-state index contributed by atoms with van der Waals surface area (Å²) in [5.74, 6) is 0.833. The Bertz CT molecular complexity index is 116. The summed E-state index contributed by atoms with van der Waals surface area (Å²) in [5.41, 5.74) is 5.82. The van der Waals surface area contributed by atoms with Crippen molar-refractivity contribution in [2.75, 3.05) is 6.54 Å². The normalized spacial score (nSPS) is 25.1. The van der Waals surface area contributed by atoms with E-state index in [1.54, 1.807) is 0 Å². The van der Waals surface area contributed by atoms with Crippen molar-refractivity contribution in [2.45, 2.75) is 19.8 Å². The van der Waals surface area contributed by atoms with Gasteiger partial charge in [0, 0.05) is 12.0 Å². The standard InChI is InChI=1S/C8H15N/c1-3-8(2,6-9)7-4-5-7/h3,7H,1,4-6,9H2,2H3. The Morgan fingerprint density at radius 3 is 2.44 bits per heavy atom. The number of rotatable bonds is 3. The molecule has 0 aromatic heterocycles. The second-order valence-corrected chi connectivity index (χ2v) is 3.19. The van der Waals surface area contributed by atoms with E-state index >= 15 is 0 Å². The van der Waals surface area contributed by atoms with Gasteiger partial charge in [-0.25, -0.2) is 0 Å². The summed E-state index contributed by atoms with van der Waals surface area (Å²) in [6.45, 7) is 6.73. The van der Waals surface area contributed by atoms with Crippen molar-refractivity contribution in [3.63, 3.8) is 0 Å². The van der Waals surface area contributed by atoms with E-state index in [0.717, 1.165) is 12.5 Å². The monoisotopic (exact) mass is 125 g/mol. The molecule has 0 spiro atoms. The topological polar surface area (TPSA) is 26.0 Å². The van der Waals surface area contributed by atoms with E-state index in [9.17, 15) is 0 Å². The van der Waals surface area contributed by atoms with Gasteiger partial charge in [0.15, 0.2) is 0 Å². The molecule has 0 bridgehead atoms. The molecule has 1 unspecified atom stereocenters. The molecule has 2 N–H and O–H groups in total. The smallest absolute Gasteiger partial charge is 0.00141 e. The van der Waals surface area contributed by atoms with Gasteiger partial charge in [-0.1, -0.05) is 13.0 Å². The van der Waals surface area contributed by atoms with Gasteiger partial charge in [0.25, 0.3) is 0 Å². The first-order chi connectivity index (χ1) is 4.23. The molecule has 1 heteroatoms. The number of nitrogens with two attached hydrogens (primary N) is 1. The average molecular weight is 125 g/mol. The predicted molar refractivity (Wildman–Crippen MR) is 40.1 cm³/mol. The van der Waals surface area contributed by atoms with E-state index < -0.39 is 0 Å². The van der Waals surface area contributed by atoms with Crippen molar-refractivity contribution < 1.29 is 0 Å². The highest BCUT2D eigenvalue weighted by atomic mass is 14.6. The summed E-state index contributed by atoms with van der Waals surface area (Å²) in [5, 5.41) is 0. The molecule has 1 fully saturated rings. The van der Waals surface area contributed by atoms with Gasteiger partial charge in [0.05, 0.1) is 0 Å². The Hall–Kier alpha value is -0.300. The maximum atomic E-state index is 5.59. The molecule has 0 amide bonds. The van der Waals surface area contributed by atoms with Gasteiger partial charge in [-0.2, -0.15) is 0 Å². The zero-order valence-corrected chi connectivity index (χ0v) is 6.06. The van der Waals surface area contributed by atoms with Crippen LogP contribution in [0.5, 0.6) is 0 Å². The van der Waals surface area contributed by atoms with Crippen LogP contribution in [0.4, 0.5) is 0 Å². The van der Waals surface area contributed by atoms with Crippen molar-refractivity contribution in [2.24, 2.45) is 17.1 Å². The Morgan fingerprint density at radius 2 is 2.33 bits per heavy atom.